The quantitative estimate of drug-likeness (QED) is 0.193. The molecule has 1 heteroatoms. The second-order valence-electron chi connectivity index (χ2n) is 12.2. The molecule has 8 rings (SSSR count). The van der Waals surface area contributed by atoms with Gasteiger partial charge in [-0.25, -0.2) is 0 Å². The van der Waals surface area contributed by atoms with Crippen LogP contribution in [0.4, 0.5) is 0 Å². The summed E-state index contributed by atoms with van der Waals surface area (Å²) in [5.41, 5.74) is 18.9. The third kappa shape index (κ3) is 5.85. The maximum absolute atomic E-state index is 5.31. The molecule has 0 unspecified atom stereocenters. The first kappa shape index (κ1) is 29.3. The zero-order chi connectivity index (χ0) is 31.5. The van der Waals surface area contributed by atoms with Crippen LogP contribution in [0, 0.1) is 13.8 Å². The van der Waals surface area contributed by atoms with Gasteiger partial charge in [0.15, 0.2) is 0 Å². The van der Waals surface area contributed by atoms with Crippen LogP contribution >= 0.6 is 0 Å². The summed E-state index contributed by atoms with van der Waals surface area (Å²) >= 11 is 0. The minimum atomic E-state index is 0.891. The largest absolute Gasteiger partial charge is 0.497 e. The fourth-order valence-corrected chi connectivity index (χ4v) is 6.74. The van der Waals surface area contributed by atoms with Crippen LogP contribution in [0.5, 0.6) is 5.75 Å². The molecule has 1 nitrogen and oxygen atoms in total. The van der Waals surface area contributed by atoms with Crippen molar-refractivity contribution in [3.8, 4) is 5.75 Å². The van der Waals surface area contributed by atoms with Gasteiger partial charge < -0.3 is 4.74 Å². The van der Waals surface area contributed by atoms with Gasteiger partial charge in [0.2, 0.25) is 0 Å². The number of allylic oxidation sites excluding steroid dienone is 2. The molecule has 2 aliphatic rings. The van der Waals surface area contributed by atoms with Crippen molar-refractivity contribution in [3.63, 3.8) is 0 Å². The maximum Gasteiger partial charge on any atom is 0.118 e. The Hall–Kier alpha value is -5.40. The number of rotatable bonds is 5. The van der Waals surface area contributed by atoms with E-state index in [0.717, 1.165) is 18.6 Å². The van der Waals surface area contributed by atoms with Gasteiger partial charge in [-0.2, -0.15) is 0 Å². The van der Waals surface area contributed by atoms with Crippen LogP contribution in [0.3, 0.4) is 0 Å². The average Bonchev–Trinajstić information content (AvgIpc) is 3.69. The Morgan fingerprint density at radius 3 is 1.24 bits per heavy atom. The van der Waals surface area contributed by atoms with E-state index in [-0.39, 0.29) is 0 Å². The highest BCUT2D eigenvalue weighted by Crippen LogP contribution is 2.43. The number of hydrogen-bond donors (Lipinski definition) is 0. The molecule has 0 radical (unpaired) electrons. The van der Waals surface area contributed by atoms with Crippen LogP contribution in [-0.2, 0) is 12.8 Å². The number of methoxy groups -OCH3 is 1. The van der Waals surface area contributed by atoms with Gasteiger partial charge in [0, 0.05) is 0 Å². The smallest absolute Gasteiger partial charge is 0.118 e. The predicted molar refractivity (Wildman–Crippen MR) is 194 cm³/mol. The molecule has 6 aromatic carbocycles. The fraction of sp³-hybridized carbons (Fsp3) is 0.111. The molecular weight excluding hydrogens is 556 g/mol. The molecule has 46 heavy (non-hydrogen) atoms. The summed E-state index contributed by atoms with van der Waals surface area (Å²) in [4.78, 5) is 0. The van der Waals surface area contributed by atoms with Crippen LogP contribution in [0.1, 0.15) is 55.6 Å². The summed E-state index contributed by atoms with van der Waals surface area (Å²) in [7, 11) is 1.71. The Morgan fingerprint density at radius 2 is 0.783 bits per heavy atom. The van der Waals surface area contributed by atoms with E-state index in [4.69, 9.17) is 4.74 Å². The van der Waals surface area contributed by atoms with Gasteiger partial charge in [-0.3, -0.25) is 0 Å². The van der Waals surface area contributed by atoms with E-state index in [1.807, 2.05) is 12.1 Å². The topological polar surface area (TPSA) is 9.23 Å². The molecule has 0 N–H and O–H groups in total. The van der Waals surface area contributed by atoms with Crippen molar-refractivity contribution in [2.45, 2.75) is 26.7 Å². The Labute approximate surface area is 273 Å². The summed E-state index contributed by atoms with van der Waals surface area (Å²) in [6.07, 6.45) is 2.00. The summed E-state index contributed by atoms with van der Waals surface area (Å²) in [6.45, 7) is 4.27. The van der Waals surface area contributed by atoms with E-state index < -0.39 is 0 Å². The molecule has 0 saturated heterocycles. The minimum absolute atomic E-state index is 0.891. The lowest BCUT2D eigenvalue weighted by atomic mass is 9.94. The molecule has 0 spiro atoms. The first-order valence-electron chi connectivity index (χ1n) is 16.1. The van der Waals surface area contributed by atoms with Gasteiger partial charge in [-0.1, -0.05) is 151 Å². The highest BCUT2D eigenvalue weighted by atomic mass is 16.5. The van der Waals surface area contributed by atoms with E-state index in [0.29, 0.717) is 0 Å². The SMILES string of the molecule is COc1ccc(C2=C(c3ccc(C)cc3)Cc3ccccc32)cc1.Cc1ccc(C2=C(c3ccccc3)c3ccccc3C2)cc1. The molecule has 0 aliphatic heterocycles. The molecule has 0 atom stereocenters. The van der Waals surface area contributed by atoms with E-state index in [2.05, 4.69) is 153 Å². The van der Waals surface area contributed by atoms with Crippen LogP contribution in [-0.4, -0.2) is 7.11 Å². The molecule has 0 amide bonds. The first-order chi connectivity index (χ1) is 22.6. The molecule has 0 bridgehead atoms. The fourth-order valence-electron chi connectivity index (χ4n) is 6.74. The Balaban J connectivity index is 0.000000147. The zero-order valence-electron chi connectivity index (χ0n) is 26.8. The van der Waals surface area contributed by atoms with E-state index in [9.17, 15) is 0 Å². The summed E-state index contributed by atoms with van der Waals surface area (Å²) < 4.78 is 5.31. The van der Waals surface area contributed by atoms with E-state index in [1.54, 1.807) is 7.11 Å². The van der Waals surface area contributed by atoms with Crippen LogP contribution in [0.15, 0.2) is 152 Å². The average molecular weight is 595 g/mol. The van der Waals surface area contributed by atoms with Crippen molar-refractivity contribution in [2.75, 3.05) is 7.11 Å². The third-order valence-corrected chi connectivity index (χ3v) is 9.15. The Kier molecular flexibility index (Phi) is 8.23. The van der Waals surface area contributed by atoms with Crippen LogP contribution < -0.4 is 4.74 Å². The number of fused-ring (bicyclic) bond motifs is 2. The second kappa shape index (κ2) is 12.9. The minimum Gasteiger partial charge on any atom is -0.497 e. The highest BCUT2D eigenvalue weighted by molar-refractivity contribution is 6.04. The van der Waals surface area contributed by atoms with Gasteiger partial charge >= 0.3 is 0 Å². The van der Waals surface area contributed by atoms with Crippen molar-refractivity contribution < 1.29 is 4.74 Å². The molecule has 2 aliphatic carbocycles. The monoisotopic (exact) mass is 594 g/mol. The first-order valence-corrected chi connectivity index (χ1v) is 16.1. The van der Waals surface area contributed by atoms with Crippen molar-refractivity contribution in [1.82, 2.24) is 0 Å². The number of aryl methyl sites for hydroxylation is 2. The summed E-state index contributed by atoms with van der Waals surface area (Å²) in [5, 5.41) is 0. The predicted octanol–water partition coefficient (Wildman–Crippen LogP) is 11.0. The van der Waals surface area contributed by atoms with E-state index >= 15 is 0 Å². The summed E-state index contributed by atoms with van der Waals surface area (Å²) in [6, 6.07) is 54.4. The lowest BCUT2D eigenvalue weighted by Crippen LogP contribution is -1.90. The molecule has 0 heterocycles. The van der Waals surface area contributed by atoms with Crippen molar-refractivity contribution in [2.24, 2.45) is 0 Å². The molecule has 6 aromatic rings. The van der Waals surface area contributed by atoms with Gasteiger partial charge in [0.1, 0.15) is 5.75 Å². The lowest BCUT2D eigenvalue weighted by molar-refractivity contribution is 0.415. The number of benzene rings is 6. The number of hydrogen-bond acceptors (Lipinski definition) is 1. The third-order valence-electron chi connectivity index (χ3n) is 9.15. The van der Waals surface area contributed by atoms with Gasteiger partial charge in [0.05, 0.1) is 7.11 Å². The standard InChI is InChI=1S/C23H20O.C22H18/c1-16-7-9-17(10-8-16)22-15-19-5-3-4-6-21(19)23(22)18-11-13-20(24-2)14-12-18;1-16-11-13-17(14-12-16)21-15-19-9-5-6-10-20(19)22(21)18-7-3-2-4-8-18/h3-14H,15H2,1-2H3;2-14H,15H2,1H3. The van der Waals surface area contributed by atoms with Crippen molar-refractivity contribution in [1.29, 1.82) is 0 Å². The molecule has 0 fully saturated rings. The molecular formula is C45H38O. The Morgan fingerprint density at radius 1 is 0.391 bits per heavy atom. The second-order valence-corrected chi connectivity index (χ2v) is 12.2. The van der Waals surface area contributed by atoms with Gasteiger partial charge in [-0.15, -0.1) is 0 Å². The van der Waals surface area contributed by atoms with Gasteiger partial charge in [-0.05, 0) is 106 Å². The normalized spacial score (nSPS) is 13.2. The molecule has 0 saturated carbocycles. The zero-order valence-corrected chi connectivity index (χ0v) is 26.8. The van der Waals surface area contributed by atoms with E-state index in [1.165, 1.54) is 77.9 Å². The van der Waals surface area contributed by atoms with Crippen molar-refractivity contribution >= 4 is 22.3 Å². The molecule has 0 aromatic heterocycles. The lowest BCUT2D eigenvalue weighted by Gasteiger charge is -2.11. The van der Waals surface area contributed by atoms with Crippen LogP contribution in [0.25, 0.3) is 22.3 Å². The maximum atomic E-state index is 5.31. The van der Waals surface area contributed by atoms with Crippen molar-refractivity contribution in [3.05, 3.63) is 207 Å². The Bertz CT molecular complexity index is 2040. The van der Waals surface area contributed by atoms with Gasteiger partial charge in [0.25, 0.3) is 0 Å². The van der Waals surface area contributed by atoms with Crippen LogP contribution in [0.2, 0.25) is 0 Å². The number of ether oxygens (including phenoxy) is 1. The molecule has 224 valence electrons. The highest BCUT2D eigenvalue weighted by Gasteiger charge is 2.24. The summed E-state index contributed by atoms with van der Waals surface area (Å²) in [5.74, 6) is 0.891.